The lowest BCUT2D eigenvalue weighted by Crippen LogP contribution is -2.69. The number of likely N-dealkylation sites (N-methyl/N-ethyl adjacent to an activating group) is 1. The third kappa shape index (κ3) is 2.49. The minimum atomic E-state index is -0.0961. The number of rotatable bonds is 4. The highest BCUT2D eigenvalue weighted by Gasteiger charge is 2.55. The van der Waals surface area contributed by atoms with Crippen LogP contribution in [0.15, 0.2) is 22.9 Å². The summed E-state index contributed by atoms with van der Waals surface area (Å²) in [7, 11) is 4.07. The van der Waals surface area contributed by atoms with Crippen molar-refractivity contribution in [1.29, 1.82) is 0 Å². The average Bonchev–Trinajstić information content (AvgIpc) is 3.24. The van der Waals surface area contributed by atoms with E-state index in [0.717, 1.165) is 24.3 Å². The van der Waals surface area contributed by atoms with Crippen LogP contribution in [0.1, 0.15) is 16.9 Å². The fourth-order valence-corrected chi connectivity index (χ4v) is 4.36. The molecule has 2 N–H and O–H groups in total. The van der Waals surface area contributed by atoms with Gasteiger partial charge in [0.1, 0.15) is 5.69 Å². The van der Waals surface area contributed by atoms with E-state index in [-0.39, 0.29) is 24.1 Å². The Balaban J connectivity index is 1.47. The van der Waals surface area contributed by atoms with Gasteiger partial charge in [-0.05, 0) is 38.0 Å². The molecular formula is C16H20N4O2S. The van der Waals surface area contributed by atoms with Gasteiger partial charge in [-0.25, -0.2) is 0 Å². The number of ether oxygens (including phenoxy) is 1. The van der Waals surface area contributed by atoms with Gasteiger partial charge in [0.2, 0.25) is 0 Å². The predicted octanol–water partition coefficient (Wildman–Crippen LogP) is 1.59. The van der Waals surface area contributed by atoms with Gasteiger partial charge in [0.05, 0.1) is 23.9 Å². The molecule has 0 aromatic carbocycles. The first-order valence-corrected chi connectivity index (χ1v) is 8.76. The van der Waals surface area contributed by atoms with Crippen molar-refractivity contribution in [3.63, 3.8) is 0 Å². The topological polar surface area (TPSA) is 70.2 Å². The van der Waals surface area contributed by atoms with Crippen molar-refractivity contribution in [3.8, 4) is 11.3 Å². The van der Waals surface area contributed by atoms with Gasteiger partial charge in [-0.15, -0.1) is 0 Å². The molecule has 6 nitrogen and oxygen atoms in total. The second-order valence-electron chi connectivity index (χ2n) is 6.42. The molecule has 23 heavy (non-hydrogen) atoms. The van der Waals surface area contributed by atoms with E-state index in [0.29, 0.717) is 11.6 Å². The molecule has 7 heteroatoms. The molecule has 4 rings (SSSR count). The Kier molecular flexibility index (Phi) is 3.71. The van der Waals surface area contributed by atoms with E-state index in [4.69, 9.17) is 4.74 Å². The number of hydrogen-bond donors (Lipinski definition) is 2. The highest BCUT2D eigenvalue weighted by Crippen LogP contribution is 2.41. The number of fused-ring (bicyclic) bond motifs is 1. The van der Waals surface area contributed by atoms with Crippen molar-refractivity contribution in [2.45, 2.75) is 24.6 Å². The van der Waals surface area contributed by atoms with Crippen LogP contribution < -0.4 is 5.32 Å². The molecule has 3 heterocycles. The zero-order valence-electron chi connectivity index (χ0n) is 13.2. The van der Waals surface area contributed by atoms with Gasteiger partial charge in [-0.2, -0.15) is 16.4 Å². The molecule has 0 bridgehead atoms. The Morgan fingerprint density at radius 3 is 3.13 bits per heavy atom. The zero-order chi connectivity index (χ0) is 16.0. The number of nitrogens with zero attached hydrogens (tertiary/aromatic N) is 2. The third-order valence-corrected chi connectivity index (χ3v) is 5.57. The summed E-state index contributed by atoms with van der Waals surface area (Å²) < 4.78 is 5.78. The first-order valence-electron chi connectivity index (χ1n) is 7.82. The summed E-state index contributed by atoms with van der Waals surface area (Å²) in [6.07, 6.45) is 1.27. The lowest BCUT2D eigenvalue weighted by molar-refractivity contribution is -0.0664. The van der Waals surface area contributed by atoms with Crippen LogP contribution in [-0.4, -0.2) is 59.9 Å². The molecule has 0 spiro atoms. The van der Waals surface area contributed by atoms with Gasteiger partial charge in [0.25, 0.3) is 5.91 Å². The summed E-state index contributed by atoms with van der Waals surface area (Å²) in [5.74, 6) is 0.326. The van der Waals surface area contributed by atoms with E-state index in [9.17, 15) is 4.79 Å². The van der Waals surface area contributed by atoms with E-state index in [1.54, 1.807) is 11.3 Å². The smallest absolute Gasteiger partial charge is 0.269 e. The summed E-state index contributed by atoms with van der Waals surface area (Å²) in [5.41, 5.74) is 2.34. The van der Waals surface area contributed by atoms with Crippen LogP contribution >= 0.6 is 11.3 Å². The molecule has 1 saturated carbocycles. The van der Waals surface area contributed by atoms with Gasteiger partial charge >= 0.3 is 0 Å². The summed E-state index contributed by atoms with van der Waals surface area (Å²) in [4.78, 5) is 14.7. The summed E-state index contributed by atoms with van der Waals surface area (Å²) in [6.45, 7) is 0.790. The number of nitrogens with one attached hydrogen (secondary N) is 2. The molecule has 2 aliphatic rings. The van der Waals surface area contributed by atoms with Gasteiger partial charge in [0.15, 0.2) is 0 Å². The van der Waals surface area contributed by atoms with Gasteiger partial charge in [0, 0.05) is 23.5 Å². The van der Waals surface area contributed by atoms with Crippen LogP contribution in [0, 0.1) is 5.92 Å². The molecule has 1 aliphatic carbocycles. The molecule has 4 atom stereocenters. The average molecular weight is 332 g/mol. The van der Waals surface area contributed by atoms with Crippen LogP contribution in [0.3, 0.4) is 0 Å². The van der Waals surface area contributed by atoms with E-state index >= 15 is 0 Å². The molecule has 0 unspecified atom stereocenters. The van der Waals surface area contributed by atoms with Crippen LogP contribution in [-0.2, 0) is 4.74 Å². The monoisotopic (exact) mass is 332 g/mol. The first kappa shape index (κ1) is 14.9. The third-order valence-electron chi connectivity index (χ3n) is 4.88. The Labute approximate surface area is 138 Å². The highest BCUT2D eigenvalue weighted by atomic mass is 32.1. The standard InChI is InChI=1S/C16H20N4O2S/c1-20(2)14-13(10-3-5-22-15(10)14)17-16(21)12-7-11(18-19-12)9-4-6-23-8-9/h4,6-8,10,13-15H,3,5H2,1-2H3,(H,17,21)(H,18,19)/t10-,13+,14-,15-/m1/s1. The van der Waals surface area contributed by atoms with Crippen molar-refractivity contribution >= 4 is 17.2 Å². The molecule has 2 aromatic rings. The minimum absolute atomic E-state index is 0.0961. The van der Waals surface area contributed by atoms with Crippen molar-refractivity contribution < 1.29 is 9.53 Å². The molecule has 1 saturated heterocycles. The molecule has 2 aromatic heterocycles. The van der Waals surface area contributed by atoms with Crippen molar-refractivity contribution in [3.05, 3.63) is 28.6 Å². The lowest BCUT2D eigenvalue weighted by atomic mass is 9.71. The van der Waals surface area contributed by atoms with E-state index in [1.807, 2.05) is 37.0 Å². The van der Waals surface area contributed by atoms with Crippen LogP contribution in [0.2, 0.25) is 0 Å². The quantitative estimate of drug-likeness (QED) is 0.892. The normalized spacial score (nSPS) is 29.3. The van der Waals surface area contributed by atoms with Gasteiger partial charge in [-0.3, -0.25) is 9.89 Å². The SMILES string of the molecule is CN(C)[C@@H]1[C@@H](NC(=O)c2cc(-c3ccsc3)n[nH]2)[C@H]2CCO[C@H]21. The molecule has 1 aliphatic heterocycles. The molecule has 2 fully saturated rings. The number of amides is 1. The Bertz CT molecular complexity index is 697. The summed E-state index contributed by atoms with van der Waals surface area (Å²) in [6, 6.07) is 4.18. The highest BCUT2D eigenvalue weighted by molar-refractivity contribution is 7.08. The number of hydrogen-bond acceptors (Lipinski definition) is 5. The number of H-pyrrole nitrogens is 1. The number of aromatic nitrogens is 2. The molecule has 0 radical (unpaired) electrons. The predicted molar refractivity (Wildman–Crippen MR) is 88.5 cm³/mol. The Morgan fingerprint density at radius 1 is 1.52 bits per heavy atom. The van der Waals surface area contributed by atoms with Crippen molar-refractivity contribution in [1.82, 2.24) is 20.4 Å². The fourth-order valence-electron chi connectivity index (χ4n) is 3.71. The molecule has 1 amide bonds. The maximum absolute atomic E-state index is 12.5. The maximum Gasteiger partial charge on any atom is 0.269 e. The summed E-state index contributed by atoms with van der Waals surface area (Å²) >= 11 is 1.62. The number of carbonyl (C=O) groups excluding carboxylic acids is 1. The molecule has 122 valence electrons. The van der Waals surface area contributed by atoms with Crippen molar-refractivity contribution in [2.24, 2.45) is 5.92 Å². The number of thiophene rings is 1. The molecular weight excluding hydrogens is 312 g/mol. The van der Waals surface area contributed by atoms with Crippen molar-refractivity contribution in [2.75, 3.05) is 20.7 Å². The summed E-state index contributed by atoms with van der Waals surface area (Å²) in [5, 5.41) is 14.3. The fraction of sp³-hybridized carbons (Fsp3) is 0.500. The Hall–Kier alpha value is -1.70. The second-order valence-corrected chi connectivity index (χ2v) is 7.20. The number of aromatic amines is 1. The number of carbonyl (C=O) groups is 1. The minimum Gasteiger partial charge on any atom is -0.376 e. The largest absolute Gasteiger partial charge is 0.376 e. The maximum atomic E-state index is 12.5. The van der Waals surface area contributed by atoms with E-state index in [1.165, 1.54) is 0 Å². The van der Waals surface area contributed by atoms with Gasteiger partial charge in [-0.1, -0.05) is 0 Å². The van der Waals surface area contributed by atoms with Gasteiger partial charge < -0.3 is 15.0 Å². The van der Waals surface area contributed by atoms with E-state index < -0.39 is 0 Å². The van der Waals surface area contributed by atoms with Crippen LogP contribution in [0.5, 0.6) is 0 Å². The lowest BCUT2D eigenvalue weighted by Gasteiger charge is -2.50. The van der Waals surface area contributed by atoms with E-state index in [2.05, 4.69) is 20.4 Å². The van der Waals surface area contributed by atoms with Crippen LogP contribution in [0.25, 0.3) is 11.3 Å². The zero-order valence-corrected chi connectivity index (χ0v) is 14.0. The van der Waals surface area contributed by atoms with Crippen LogP contribution in [0.4, 0.5) is 0 Å². The second kappa shape index (κ2) is 5.74. The Morgan fingerprint density at radius 2 is 2.39 bits per heavy atom. The first-order chi connectivity index (χ1) is 11.1.